The Morgan fingerprint density at radius 1 is 1.08 bits per heavy atom. The van der Waals surface area contributed by atoms with Crippen LogP contribution in [-0.2, 0) is 9.59 Å². The molecule has 1 aliphatic rings. The van der Waals surface area contributed by atoms with Crippen molar-refractivity contribution in [3.63, 3.8) is 0 Å². The smallest absolute Gasteiger partial charge is 0.202 e. The molecule has 0 saturated heterocycles. The molecule has 0 aromatic rings. The Morgan fingerprint density at radius 2 is 1.67 bits per heavy atom. The molecule has 0 N–H and O–H groups in total. The lowest BCUT2D eigenvalue weighted by Gasteiger charge is -2.17. The topological polar surface area (TPSA) is 37.4 Å². The van der Waals surface area contributed by atoms with Gasteiger partial charge < -0.3 is 4.90 Å². The van der Waals surface area contributed by atoms with Gasteiger partial charge in [0, 0.05) is 25.7 Å². The molecule has 0 spiro atoms. The number of nitrogens with zero attached hydrogens (tertiary/aromatic N) is 1. The number of hydrogen-bond donors (Lipinski definition) is 0. The summed E-state index contributed by atoms with van der Waals surface area (Å²) >= 11 is 0. The SMILES string of the molecule is CC1=CC(=O)C(N(C)C)=CC1=O. The third kappa shape index (κ3) is 1.44. The van der Waals surface area contributed by atoms with E-state index >= 15 is 0 Å². The Hall–Kier alpha value is -1.38. The molecule has 64 valence electrons. The first-order valence-electron chi connectivity index (χ1n) is 3.68. The fourth-order valence-electron chi connectivity index (χ4n) is 1.00. The van der Waals surface area contributed by atoms with Gasteiger partial charge in [0.25, 0.3) is 0 Å². The minimum Gasteiger partial charge on any atom is -0.374 e. The minimum absolute atomic E-state index is 0.0849. The maximum atomic E-state index is 11.3. The number of allylic oxidation sites excluding steroid dienone is 3. The van der Waals surface area contributed by atoms with Crippen molar-refractivity contribution in [1.29, 1.82) is 0 Å². The first-order valence-corrected chi connectivity index (χ1v) is 3.68. The number of hydrogen-bond acceptors (Lipinski definition) is 3. The Balaban J connectivity index is 3.01. The zero-order valence-electron chi connectivity index (χ0n) is 7.42. The van der Waals surface area contributed by atoms with Gasteiger partial charge >= 0.3 is 0 Å². The minimum atomic E-state index is -0.0999. The molecule has 0 bridgehead atoms. The number of carbonyl (C=O) groups is 2. The maximum absolute atomic E-state index is 11.3. The molecule has 1 aliphatic carbocycles. The zero-order chi connectivity index (χ0) is 9.30. The first-order chi connectivity index (χ1) is 5.52. The van der Waals surface area contributed by atoms with Crippen molar-refractivity contribution >= 4 is 11.6 Å². The van der Waals surface area contributed by atoms with E-state index in [-0.39, 0.29) is 11.6 Å². The third-order valence-electron chi connectivity index (χ3n) is 1.74. The van der Waals surface area contributed by atoms with Crippen molar-refractivity contribution in [3.05, 3.63) is 23.4 Å². The highest BCUT2D eigenvalue weighted by Crippen LogP contribution is 2.12. The quantitative estimate of drug-likeness (QED) is 0.532. The van der Waals surface area contributed by atoms with Crippen LogP contribution in [0.2, 0.25) is 0 Å². The zero-order valence-corrected chi connectivity index (χ0v) is 7.42. The predicted molar refractivity (Wildman–Crippen MR) is 45.5 cm³/mol. The second-order valence-corrected chi connectivity index (χ2v) is 2.98. The molecule has 3 nitrogen and oxygen atoms in total. The van der Waals surface area contributed by atoms with Crippen molar-refractivity contribution < 1.29 is 9.59 Å². The number of rotatable bonds is 1. The van der Waals surface area contributed by atoms with Gasteiger partial charge in [-0.25, -0.2) is 0 Å². The Bertz CT molecular complexity index is 298. The van der Waals surface area contributed by atoms with E-state index in [0.29, 0.717) is 11.3 Å². The van der Waals surface area contributed by atoms with Crippen LogP contribution in [0.15, 0.2) is 23.4 Å². The van der Waals surface area contributed by atoms with Crippen molar-refractivity contribution in [2.45, 2.75) is 6.92 Å². The Morgan fingerprint density at radius 3 is 2.17 bits per heavy atom. The normalized spacial score (nSPS) is 17.2. The van der Waals surface area contributed by atoms with E-state index in [1.807, 2.05) is 0 Å². The molecule has 0 atom stereocenters. The van der Waals surface area contributed by atoms with Gasteiger partial charge in [0.2, 0.25) is 5.78 Å². The molecule has 0 radical (unpaired) electrons. The number of ketones is 2. The molecule has 0 aromatic carbocycles. The summed E-state index contributed by atoms with van der Waals surface area (Å²) in [6, 6.07) is 0. The van der Waals surface area contributed by atoms with Crippen LogP contribution < -0.4 is 0 Å². The largest absolute Gasteiger partial charge is 0.374 e. The molecule has 0 aliphatic heterocycles. The molecule has 0 saturated carbocycles. The average Bonchev–Trinajstić information content (AvgIpc) is 1.96. The molecule has 0 heterocycles. The van der Waals surface area contributed by atoms with Crippen LogP contribution in [0.3, 0.4) is 0 Å². The van der Waals surface area contributed by atoms with E-state index in [1.54, 1.807) is 25.9 Å². The van der Waals surface area contributed by atoms with E-state index in [4.69, 9.17) is 0 Å². The van der Waals surface area contributed by atoms with Crippen LogP contribution in [-0.4, -0.2) is 30.6 Å². The Labute approximate surface area is 71.4 Å². The first kappa shape index (κ1) is 8.71. The van der Waals surface area contributed by atoms with Crippen LogP contribution >= 0.6 is 0 Å². The number of likely N-dealkylation sites (N-methyl/N-ethyl adjacent to an activating group) is 1. The van der Waals surface area contributed by atoms with Gasteiger partial charge in [-0.3, -0.25) is 9.59 Å². The second kappa shape index (κ2) is 2.93. The summed E-state index contributed by atoms with van der Waals surface area (Å²) in [4.78, 5) is 24.0. The Kier molecular flexibility index (Phi) is 2.13. The van der Waals surface area contributed by atoms with E-state index in [2.05, 4.69) is 0 Å². The maximum Gasteiger partial charge on any atom is 0.202 e. The molecular formula is C9H11NO2. The summed E-state index contributed by atoms with van der Waals surface area (Å²) in [6.07, 6.45) is 2.75. The van der Waals surface area contributed by atoms with Gasteiger partial charge in [-0.2, -0.15) is 0 Å². The van der Waals surface area contributed by atoms with Crippen LogP contribution in [0.5, 0.6) is 0 Å². The van der Waals surface area contributed by atoms with Crippen molar-refractivity contribution in [1.82, 2.24) is 4.90 Å². The third-order valence-corrected chi connectivity index (χ3v) is 1.74. The fourth-order valence-corrected chi connectivity index (χ4v) is 1.00. The highest BCUT2D eigenvalue weighted by molar-refractivity contribution is 6.19. The summed E-state index contributed by atoms with van der Waals surface area (Å²) in [7, 11) is 3.48. The monoisotopic (exact) mass is 165 g/mol. The average molecular weight is 165 g/mol. The lowest BCUT2D eigenvalue weighted by molar-refractivity contribution is -0.116. The predicted octanol–water partition coefficient (Wildman–Crippen LogP) is 0.530. The standard InChI is InChI=1S/C9H11NO2/c1-6-4-9(12)7(10(2)3)5-8(6)11/h4-5H,1-3H3. The van der Waals surface area contributed by atoms with Gasteiger partial charge in [0.15, 0.2) is 5.78 Å². The summed E-state index contributed by atoms with van der Waals surface area (Å²) < 4.78 is 0. The fraction of sp³-hybridized carbons (Fsp3) is 0.333. The van der Waals surface area contributed by atoms with Gasteiger partial charge in [-0.05, 0) is 13.0 Å². The van der Waals surface area contributed by atoms with E-state index in [0.717, 1.165) is 0 Å². The van der Waals surface area contributed by atoms with Crippen molar-refractivity contribution in [2.24, 2.45) is 0 Å². The molecule has 0 amide bonds. The molecule has 0 unspecified atom stereocenters. The molecular weight excluding hydrogens is 154 g/mol. The highest BCUT2D eigenvalue weighted by Gasteiger charge is 2.18. The van der Waals surface area contributed by atoms with Crippen LogP contribution in [0.4, 0.5) is 0 Å². The lowest BCUT2D eigenvalue weighted by Crippen LogP contribution is -2.22. The van der Waals surface area contributed by atoms with Gasteiger partial charge in [-0.1, -0.05) is 0 Å². The lowest BCUT2D eigenvalue weighted by atomic mass is 10.0. The second-order valence-electron chi connectivity index (χ2n) is 2.98. The molecule has 12 heavy (non-hydrogen) atoms. The van der Waals surface area contributed by atoms with Gasteiger partial charge in [0.05, 0.1) is 5.70 Å². The summed E-state index contributed by atoms with van der Waals surface area (Å²) in [5.41, 5.74) is 0.955. The van der Waals surface area contributed by atoms with Crippen LogP contribution in [0, 0.1) is 0 Å². The van der Waals surface area contributed by atoms with Crippen LogP contribution in [0.25, 0.3) is 0 Å². The molecule has 0 fully saturated rings. The van der Waals surface area contributed by atoms with Crippen LogP contribution in [0.1, 0.15) is 6.92 Å². The molecule has 1 rings (SSSR count). The molecule has 0 aromatic heterocycles. The van der Waals surface area contributed by atoms with Gasteiger partial charge in [0.1, 0.15) is 0 Å². The van der Waals surface area contributed by atoms with E-state index in [9.17, 15) is 9.59 Å². The van der Waals surface area contributed by atoms with E-state index < -0.39 is 0 Å². The summed E-state index contributed by atoms with van der Waals surface area (Å²) in [5, 5.41) is 0. The van der Waals surface area contributed by atoms with Crippen molar-refractivity contribution in [2.75, 3.05) is 14.1 Å². The van der Waals surface area contributed by atoms with Crippen molar-refractivity contribution in [3.8, 4) is 0 Å². The number of carbonyl (C=O) groups excluding carboxylic acids is 2. The summed E-state index contributed by atoms with van der Waals surface area (Å²) in [6.45, 7) is 1.64. The molecule has 3 heteroatoms. The van der Waals surface area contributed by atoms with E-state index in [1.165, 1.54) is 12.2 Å². The van der Waals surface area contributed by atoms with Gasteiger partial charge in [-0.15, -0.1) is 0 Å². The highest BCUT2D eigenvalue weighted by atomic mass is 16.1. The summed E-state index contributed by atoms with van der Waals surface area (Å²) in [5.74, 6) is -0.185.